The maximum Gasteiger partial charge on any atom is 0.164 e. The Hall–Kier alpha value is -4.90. The van der Waals surface area contributed by atoms with Crippen LogP contribution in [0.25, 0.3) is 45.1 Å². The minimum Gasteiger partial charge on any atom is -0.497 e. The maximum atomic E-state index is 13.8. The fraction of sp³-hybridized carbons (Fsp3) is 0.161. The number of fused-ring (bicyclic) bond motifs is 1. The normalized spacial score (nSPS) is 14.6. The highest BCUT2D eigenvalue weighted by molar-refractivity contribution is 7.92. The number of halogens is 1. The summed E-state index contributed by atoms with van der Waals surface area (Å²) in [5.41, 5.74) is 5.63. The van der Waals surface area contributed by atoms with Crippen molar-refractivity contribution in [2.45, 2.75) is 12.6 Å². The summed E-state index contributed by atoms with van der Waals surface area (Å²) < 4.78 is 46.8. The van der Waals surface area contributed by atoms with E-state index in [1.807, 2.05) is 60.8 Å². The molecule has 9 nitrogen and oxygen atoms in total. The number of benzene rings is 3. The first-order valence-electron chi connectivity index (χ1n) is 13.3. The first-order valence-corrected chi connectivity index (χ1v) is 15.2. The Kier molecular flexibility index (Phi) is 6.31. The number of ether oxygens (including phenoxy) is 1. The van der Waals surface area contributed by atoms with Crippen molar-refractivity contribution in [2.24, 2.45) is 0 Å². The van der Waals surface area contributed by atoms with Gasteiger partial charge in [0, 0.05) is 22.9 Å². The summed E-state index contributed by atoms with van der Waals surface area (Å²) in [6.07, 6.45) is 3.31. The highest BCUT2D eigenvalue weighted by atomic mass is 32.2. The van der Waals surface area contributed by atoms with Gasteiger partial charge in [-0.1, -0.05) is 42.5 Å². The molecule has 1 saturated heterocycles. The van der Waals surface area contributed by atoms with Crippen molar-refractivity contribution < 1.29 is 17.5 Å². The lowest BCUT2D eigenvalue weighted by Crippen LogP contribution is -2.38. The molecule has 0 spiro atoms. The molecule has 3 aromatic heterocycles. The quantitative estimate of drug-likeness (QED) is 0.256. The standard InChI is InChI=1S/C31H25FN6O3S/c1-41-25-13-7-20(8-14-25)15-37-30(22-5-3-2-4-6-22)35-29-28(33-19-34-31(29)37)26-16-38(24-17-42(39,40)18-24)36-27(26)21-9-11-23(32)12-10-21/h2-14,16,19,24H,15,17-18H2,1H3. The van der Waals surface area contributed by atoms with E-state index >= 15 is 0 Å². The van der Waals surface area contributed by atoms with Gasteiger partial charge in [0.05, 0.1) is 31.2 Å². The second kappa shape index (κ2) is 10.2. The minimum atomic E-state index is -3.08. The van der Waals surface area contributed by atoms with Gasteiger partial charge >= 0.3 is 0 Å². The maximum absolute atomic E-state index is 13.8. The van der Waals surface area contributed by atoms with Crippen LogP contribution in [0.5, 0.6) is 5.75 Å². The number of sulfone groups is 1. The van der Waals surface area contributed by atoms with Crippen molar-refractivity contribution >= 4 is 21.0 Å². The van der Waals surface area contributed by atoms with E-state index in [1.165, 1.54) is 18.5 Å². The number of hydrogen-bond donors (Lipinski definition) is 0. The van der Waals surface area contributed by atoms with Gasteiger partial charge in [-0.25, -0.2) is 27.8 Å². The number of aromatic nitrogens is 6. The third kappa shape index (κ3) is 4.71. The van der Waals surface area contributed by atoms with Crippen LogP contribution in [0.4, 0.5) is 4.39 Å². The molecule has 6 aromatic rings. The zero-order chi connectivity index (χ0) is 28.8. The van der Waals surface area contributed by atoms with Crippen LogP contribution in [0, 0.1) is 5.82 Å². The molecular weight excluding hydrogens is 555 g/mol. The SMILES string of the molecule is COc1ccc(Cn2c(-c3ccccc3)nc3c(-c4cn(C5CS(=O)(=O)C5)nc4-c4ccc(F)cc4)ncnc32)cc1. The van der Waals surface area contributed by atoms with Crippen LogP contribution in [0.2, 0.25) is 0 Å². The van der Waals surface area contributed by atoms with Crippen molar-refractivity contribution in [2.75, 3.05) is 18.6 Å². The van der Waals surface area contributed by atoms with Crippen LogP contribution in [0.3, 0.4) is 0 Å². The lowest BCUT2D eigenvalue weighted by Gasteiger charge is -2.25. The summed E-state index contributed by atoms with van der Waals surface area (Å²) >= 11 is 0. The van der Waals surface area contributed by atoms with Crippen LogP contribution < -0.4 is 4.74 Å². The molecule has 210 valence electrons. The molecule has 3 aromatic carbocycles. The molecule has 0 amide bonds. The Morgan fingerprint density at radius 3 is 2.33 bits per heavy atom. The topological polar surface area (TPSA) is 105 Å². The Labute approximate surface area is 241 Å². The van der Waals surface area contributed by atoms with E-state index in [1.54, 1.807) is 23.9 Å². The number of hydrogen-bond acceptors (Lipinski definition) is 7. The van der Waals surface area contributed by atoms with Gasteiger partial charge in [-0.2, -0.15) is 5.10 Å². The van der Waals surface area contributed by atoms with Gasteiger partial charge in [0.2, 0.25) is 0 Å². The highest BCUT2D eigenvalue weighted by Crippen LogP contribution is 2.37. The predicted molar refractivity (Wildman–Crippen MR) is 157 cm³/mol. The van der Waals surface area contributed by atoms with Gasteiger partial charge in [0.25, 0.3) is 0 Å². The van der Waals surface area contributed by atoms with E-state index in [0.29, 0.717) is 40.2 Å². The van der Waals surface area contributed by atoms with Gasteiger partial charge in [-0.15, -0.1) is 0 Å². The number of nitrogens with zero attached hydrogens (tertiary/aromatic N) is 6. The van der Waals surface area contributed by atoms with E-state index in [-0.39, 0.29) is 23.4 Å². The van der Waals surface area contributed by atoms with Gasteiger partial charge in [0.1, 0.15) is 40.6 Å². The molecule has 0 atom stereocenters. The van der Waals surface area contributed by atoms with Crippen LogP contribution in [0.15, 0.2) is 91.4 Å². The van der Waals surface area contributed by atoms with E-state index < -0.39 is 9.84 Å². The Bertz CT molecular complexity index is 2010. The van der Waals surface area contributed by atoms with Gasteiger partial charge in [-0.3, -0.25) is 4.68 Å². The van der Waals surface area contributed by atoms with E-state index in [0.717, 1.165) is 22.7 Å². The lowest BCUT2D eigenvalue weighted by molar-refractivity contribution is 0.414. The molecule has 7 rings (SSSR count). The second-order valence-corrected chi connectivity index (χ2v) is 12.4. The number of rotatable bonds is 7. The monoisotopic (exact) mass is 580 g/mol. The molecule has 0 unspecified atom stereocenters. The average molecular weight is 581 g/mol. The fourth-order valence-electron chi connectivity index (χ4n) is 5.27. The average Bonchev–Trinajstić information content (AvgIpc) is 3.59. The van der Waals surface area contributed by atoms with Gasteiger partial charge in [-0.05, 0) is 42.0 Å². The molecular formula is C31H25FN6O3S. The molecule has 11 heteroatoms. The van der Waals surface area contributed by atoms with Crippen molar-refractivity contribution in [3.63, 3.8) is 0 Å². The molecule has 0 N–H and O–H groups in total. The van der Waals surface area contributed by atoms with E-state index in [9.17, 15) is 12.8 Å². The molecule has 0 radical (unpaired) electrons. The van der Waals surface area contributed by atoms with E-state index in [4.69, 9.17) is 14.8 Å². The molecule has 0 saturated carbocycles. The molecule has 1 aliphatic rings. The number of imidazole rings is 1. The van der Waals surface area contributed by atoms with Crippen LogP contribution in [0.1, 0.15) is 11.6 Å². The van der Waals surface area contributed by atoms with Crippen molar-refractivity contribution in [3.8, 4) is 39.7 Å². The molecule has 0 bridgehead atoms. The predicted octanol–water partition coefficient (Wildman–Crippen LogP) is 5.19. The zero-order valence-electron chi connectivity index (χ0n) is 22.6. The summed E-state index contributed by atoms with van der Waals surface area (Å²) in [5, 5.41) is 4.78. The molecule has 4 heterocycles. The van der Waals surface area contributed by atoms with Crippen LogP contribution >= 0.6 is 0 Å². The first-order chi connectivity index (χ1) is 20.4. The van der Waals surface area contributed by atoms with Crippen molar-refractivity contribution in [1.29, 1.82) is 0 Å². The Balaban J connectivity index is 1.42. The smallest absolute Gasteiger partial charge is 0.164 e. The molecule has 0 aliphatic carbocycles. The first kappa shape index (κ1) is 26.0. The fourth-order valence-corrected chi connectivity index (χ4v) is 6.65. The van der Waals surface area contributed by atoms with Crippen molar-refractivity contribution in [1.82, 2.24) is 29.3 Å². The van der Waals surface area contributed by atoms with E-state index in [2.05, 4.69) is 14.5 Å². The largest absolute Gasteiger partial charge is 0.497 e. The minimum absolute atomic E-state index is 0.0187. The Morgan fingerprint density at radius 1 is 0.905 bits per heavy atom. The van der Waals surface area contributed by atoms with Crippen molar-refractivity contribution in [3.05, 3.63) is 103 Å². The number of methoxy groups -OCH3 is 1. The summed E-state index contributed by atoms with van der Waals surface area (Å²) in [6, 6.07) is 23.5. The Morgan fingerprint density at radius 2 is 1.64 bits per heavy atom. The van der Waals surface area contributed by atoms with Gasteiger partial charge in [0.15, 0.2) is 15.5 Å². The van der Waals surface area contributed by atoms with Gasteiger partial charge < -0.3 is 9.30 Å². The van der Waals surface area contributed by atoms with Crippen LogP contribution in [-0.2, 0) is 16.4 Å². The summed E-state index contributed by atoms with van der Waals surface area (Å²) in [5.74, 6) is 1.17. The summed E-state index contributed by atoms with van der Waals surface area (Å²) in [6.45, 7) is 0.505. The zero-order valence-corrected chi connectivity index (χ0v) is 23.4. The summed E-state index contributed by atoms with van der Waals surface area (Å²) in [4.78, 5) is 14.4. The third-order valence-corrected chi connectivity index (χ3v) is 9.22. The second-order valence-electron chi connectivity index (χ2n) is 10.2. The lowest BCUT2D eigenvalue weighted by atomic mass is 10.1. The third-order valence-electron chi connectivity index (χ3n) is 7.44. The molecule has 42 heavy (non-hydrogen) atoms. The summed E-state index contributed by atoms with van der Waals surface area (Å²) in [7, 11) is -1.44. The molecule has 1 fully saturated rings. The van der Waals surface area contributed by atoms with Crippen LogP contribution in [-0.4, -0.2) is 56.3 Å². The highest BCUT2D eigenvalue weighted by Gasteiger charge is 2.36. The molecule has 1 aliphatic heterocycles.